The first-order valence-corrected chi connectivity index (χ1v) is 2.07. The van der Waals surface area contributed by atoms with E-state index >= 15 is 0 Å². The molecule has 0 aliphatic heterocycles. The first-order valence-electron chi connectivity index (χ1n) is 1.66. The van der Waals surface area contributed by atoms with Crippen molar-refractivity contribution >= 4 is 12.2 Å². The predicted molar refractivity (Wildman–Crippen MR) is 26.6 cm³/mol. The second kappa shape index (κ2) is 1.34. The van der Waals surface area contributed by atoms with Crippen molar-refractivity contribution in [2.75, 3.05) is 0 Å². The molecule has 0 unspecified atom stereocenters. The van der Waals surface area contributed by atoms with Crippen LogP contribution in [0.2, 0.25) is 0 Å². The lowest BCUT2D eigenvalue weighted by Gasteiger charge is -1.55. The lowest BCUT2D eigenvalue weighted by atomic mass is 11.3. The standard InChI is InChI=1S/C2H3N3OS/c6-1-3-2(7)5-4-1/h(H3,3,4,5,6,7). The number of aromatic amines is 3. The highest BCUT2D eigenvalue weighted by molar-refractivity contribution is 7.71. The Morgan fingerprint density at radius 1 is 1.43 bits per heavy atom. The molecule has 0 fully saturated rings. The Bertz CT molecular complexity index is 217. The molecule has 38 valence electrons. The van der Waals surface area contributed by atoms with Crippen LogP contribution in [0.25, 0.3) is 0 Å². The zero-order chi connectivity index (χ0) is 5.28. The summed E-state index contributed by atoms with van der Waals surface area (Å²) in [5, 5.41) is 4.62. The molecule has 0 atom stereocenters. The highest BCUT2D eigenvalue weighted by atomic mass is 32.1. The van der Waals surface area contributed by atoms with E-state index in [0.717, 1.165) is 0 Å². The largest absolute Gasteiger partial charge is 0.339 e. The topological polar surface area (TPSA) is 64.4 Å². The first-order chi connectivity index (χ1) is 3.29. The monoisotopic (exact) mass is 117 g/mol. The van der Waals surface area contributed by atoms with Gasteiger partial charge in [0.05, 0.1) is 0 Å². The molecule has 1 aromatic heterocycles. The molecule has 0 aliphatic rings. The highest BCUT2D eigenvalue weighted by Crippen LogP contribution is 1.60. The van der Waals surface area contributed by atoms with Gasteiger partial charge in [-0.1, -0.05) is 0 Å². The van der Waals surface area contributed by atoms with E-state index in [0.29, 0.717) is 4.77 Å². The molecule has 0 aliphatic carbocycles. The molecule has 0 aromatic carbocycles. The minimum absolute atomic E-state index is 0.301. The molecule has 5 heteroatoms. The third-order valence-corrected chi connectivity index (χ3v) is 0.721. The van der Waals surface area contributed by atoms with Crippen molar-refractivity contribution in [2.24, 2.45) is 0 Å². The number of hydrogen-bond donors (Lipinski definition) is 3. The molecule has 1 rings (SSSR count). The summed E-state index contributed by atoms with van der Waals surface area (Å²) in [5.74, 6) is 0. The second-order valence-corrected chi connectivity index (χ2v) is 1.44. The molecule has 0 saturated heterocycles. The molecule has 1 heterocycles. The maximum Gasteiger partial charge on any atom is 0.339 e. The van der Waals surface area contributed by atoms with Crippen LogP contribution in [-0.4, -0.2) is 15.2 Å². The van der Waals surface area contributed by atoms with Gasteiger partial charge in [0.15, 0.2) is 4.77 Å². The van der Waals surface area contributed by atoms with Crippen LogP contribution < -0.4 is 5.69 Å². The quantitative estimate of drug-likeness (QED) is 0.410. The van der Waals surface area contributed by atoms with Gasteiger partial charge in [0.25, 0.3) is 0 Å². The summed E-state index contributed by atoms with van der Waals surface area (Å²) >= 11 is 4.49. The first kappa shape index (κ1) is 4.32. The van der Waals surface area contributed by atoms with Gasteiger partial charge in [0.1, 0.15) is 0 Å². The van der Waals surface area contributed by atoms with Crippen LogP contribution >= 0.6 is 12.2 Å². The summed E-state index contributed by atoms with van der Waals surface area (Å²) in [4.78, 5) is 12.4. The summed E-state index contributed by atoms with van der Waals surface area (Å²) in [6.07, 6.45) is 0. The predicted octanol–water partition coefficient (Wildman–Crippen LogP) is -0.239. The lowest BCUT2D eigenvalue weighted by Crippen LogP contribution is -1.99. The summed E-state index contributed by atoms with van der Waals surface area (Å²) in [7, 11) is 0. The Hall–Kier alpha value is -0.840. The van der Waals surface area contributed by atoms with Crippen LogP contribution in [0.5, 0.6) is 0 Å². The summed E-state index contributed by atoms with van der Waals surface area (Å²) < 4.78 is 0.324. The molecule has 0 amide bonds. The number of rotatable bonds is 0. The zero-order valence-electron chi connectivity index (χ0n) is 3.32. The maximum absolute atomic E-state index is 10.1. The fourth-order valence-corrected chi connectivity index (χ4v) is 0.423. The average molecular weight is 117 g/mol. The van der Waals surface area contributed by atoms with Crippen LogP contribution in [0.3, 0.4) is 0 Å². The van der Waals surface area contributed by atoms with Gasteiger partial charge < -0.3 is 0 Å². The average Bonchev–Trinajstić information content (AvgIpc) is 1.87. The highest BCUT2D eigenvalue weighted by Gasteiger charge is 1.75. The minimum Gasteiger partial charge on any atom is -0.282 e. The lowest BCUT2D eigenvalue weighted by molar-refractivity contribution is 1.04. The molecule has 0 bridgehead atoms. The second-order valence-electron chi connectivity index (χ2n) is 1.03. The Balaban J connectivity index is 3.59. The van der Waals surface area contributed by atoms with Crippen LogP contribution in [0.1, 0.15) is 0 Å². The molecular formula is C2H3N3OS. The molecule has 4 nitrogen and oxygen atoms in total. The van der Waals surface area contributed by atoms with Crippen molar-refractivity contribution in [1.29, 1.82) is 0 Å². The van der Waals surface area contributed by atoms with Gasteiger partial charge in [0, 0.05) is 0 Å². The normalized spacial score (nSPS) is 9.14. The van der Waals surface area contributed by atoms with E-state index < -0.39 is 0 Å². The molecule has 0 radical (unpaired) electrons. The van der Waals surface area contributed by atoms with Crippen molar-refractivity contribution in [3.8, 4) is 0 Å². The van der Waals surface area contributed by atoms with E-state index in [-0.39, 0.29) is 5.69 Å². The van der Waals surface area contributed by atoms with E-state index in [4.69, 9.17) is 0 Å². The van der Waals surface area contributed by atoms with Gasteiger partial charge in [-0.15, -0.1) is 0 Å². The van der Waals surface area contributed by atoms with E-state index in [1.54, 1.807) is 0 Å². The molecule has 7 heavy (non-hydrogen) atoms. The minimum atomic E-state index is -0.301. The van der Waals surface area contributed by atoms with Crippen molar-refractivity contribution in [3.05, 3.63) is 15.3 Å². The maximum atomic E-state index is 10.1. The van der Waals surface area contributed by atoms with Gasteiger partial charge in [-0.2, -0.15) is 0 Å². The van der Waals surface area contributed by atoms with Crippen LogP contribution in [0.4, 0.5) is 0 Å². The zero-order valence-corrected chi connectivity index (χ0v) is 4.13. The number of H-pyrrole nitrogens is 3. The van der Waals surface area contributed by atoms with Gasteiger partial charge in [0.2, 0.25) is 0 Å². The van der Waals surface area contributed by atoms with Gasteiger partial charge >= 0.3 is 5.69 Å². The molecule has 1 aromatic rings. The third-order valence-electron chi connectivity index (χ3n) is 0.517. The van der Waals surface area contributed by atoms with Gasteiger partial charge in [-0.05, 0) is 12.2 Å². The fraction of sp³-hybridized carbons (Fsp3) is 0. The fourth-order valence-electron chi connectivity index (χ4n) is 0.279. The van der Waals surface area contributed by atoms with Crippen LogP contribution in [-0.2, 0) is 0 Å². The van der Waals surface area contributed by atoms with E-state index in [1.165, 1.54) is 0 Å². The Morgan fingerprint density at radius 2 is 2.14 bits per heavy atom. The molecule has 0 spiro atoms. The number of aromatic nitrogens is 3. The van der Waals surface area contributed by atoms with Crippen LogP contribution in [0.15, 0.2) is 4.79 Å². The van der Waals surface area contributed by atoms with E-state index in [2.05, 4.69) is 27.4 Å². The summed E-state index contributed by atoms with van der Waals surface area (Å²) in [5.41, 5.74) is -0.301. The van der Waals surface area contributed by atoms with E-state index in [9.17, 15) is 4.79 Å². The molecular weight excluding hydrogens is 114 g/mol. The summed E-state index contributed by atoms with van der Waals surface area (Å²) in [6.45, 7) is 0. The third kappa shape index (κ3) is 0.774. The Labute approximate surface area is 43.6 Å². The van der Waals surface area contributed by atoms with Crippen molar-refractivity contribution < 1.29 is 0 Å². The van der Waals surface area contributed by atoms with Gasteiger partial charge in [-0.3, -0.25) is 10.1 Å². The summed E-state index contributed by atoms with van der Waals surface area (Å²) in [6, 6.07) is 0. The van der Waals surface area contributed by atoms with Crippen LogP contribution in [0, 0.1) is 4.77 Å². The molecule has 0 saturated carbocycles. The molecule has 3 N–H and O–H groups in total. The SMILES string of the molecule is O=c1[nH][nH]c(=S)[nH]1. The smallest absolute Gasteiger partial charge is 0.282 e. The van der Waals surface area contributed by atoms with Crippen molar-refractivity contribution in [3.63, 3.8) is 0 Å². The van der Waals surface area contributed by atoms with Gasteiger partial charge in [-0.25, -0.2) is 9.89 Å². The Kier molecular flexibility index (Phi) is 0.828. The Morgan fingerprint density at radius 3 is 2.29 bits per heavy atom. The number of hydrogen-bond acceptors (Lipinski definition) is 2. The van der Waals surface area contributed by atoms with Crippen molar-refractivity contribution in [2.45, 2.75) is 0 Å². The van der Waals surface area contributed by atoms with Crippen molar-refractivity contribution in [1.82, 2.24) is 15.2 Å². The number of nitrogens with one attached hydrogen (secondary N) is 3. The van der Waals surface area contributed by atoms with E-state index in [1.807, 2.05) is 0 Å².